The number of carbonyl (C=O) groups is 2. The van der Waals surface area contributed by atoms with E-state index in [-0.39, 0.29) is 18.6 Å². The first-order valence-corrected chi connectivity index (χ1v) is 9.21. The first kappa shape index (κ1) is 19.9. The molecule has 1 fully saturated rings. The summed E-state index contributed by atoms with van der Waals surface area (Å²) >= 11 is 0. The van der Waals surface area contributed by atoms with Crippen molar-refractivity contribution < 1.29 is 23.8 Å². The van der Waals surface area contributed by atoms with Gasteiger partial charge in [0.05, 0.1) is 12.8 Å². The number of amides is 3. The topological polar surface area (TPSA) is 92.0 Å². The van der Waals surface area contributed by atoms with Crippen molar-refractivity contribution >= 4 is 11.9 Å². The Morgan fingerprint density at radius 1 is 1.21 bits per heavy atom. The van der Waals surface area contributed by atoms with Crippen molar-refractivity contribution in [1.29, 1.82) is 0 Å². The quantitative estimate of drug-likeness (QED) is 0.745. The minimum atomic E-state index is -1.28. The molecule has 1 aromatic heterocycles. The van der Waals surface area contributed by atoms with Gasteiger partial charge in [-0.15, -0.1) is 0 Å². The van der Waals surface area contributed by atoms with Crippen molar-refractivity contribution in [3.05, 3.63) is 54.0 Å². The number of hydrogen-bond donors (Lipinski definition) is 2. The molecule has 0 bridgehead atoms. The zero-order valence-corrected chi connectivity index (χ0v) is 16.6. The number of benzene rings is 1. The largest absolute Gasteiger partial charge is 0.491 e. The normalized spacial score (nSPS) is 21.0. The lowest BCUT2D eigenvalue weighted by molar-refractivity contribution is -0.132. The van der Waals surface area contributed by atoms with E-state index >= 15 is 0 Å². The molecular formula is C21H26N2O5. The molecular weight excluding hydrogens is 360 g/mol. The van der Waals surface area contributed by atoms with Crippen molar-refractivity contribution in [3.63, 3.8) is 0 Å². The number of β-amino-alcohol motifs (C(OH)–C–C–N with tert-alkyl or cyclic N) is 1. The lowest BCUT2D eigenvalue weighted by Crippen LogP contribution is -2.42. The minimum absolute atomic E-state index is 0.0401. The lowest BCUT2D eigenvalue weighted by atomic mass is 9.86. The van der Waals surface area contributed by atoms with Gasteiger partial charge in [0, 0.05) is 0 Å². The molecule has 0 spiro atoms. The van der Waals surface area contributed by atoms with Crippen LogP contribution in [0.25, 0.3) is 0 Å². The molecule has 3 rings (SSSR count). The highest BCUT2D eigenvalue weighted by molar-refractivity contribution is 6.06. The van der Waals surface area contributed by atoms with E-state index in [1.165, 1.54) is 6.26 Å². The lowest BCUT2D eigenvalue weighted by Gasteiger charge is -2.24. The van der Waals surface area contributed by atoms with E-state index in [0.29, 0.717) is 11.5 Å². The van der Waals surface area contributed by atoms with Gasteiger partial charge in [-0.05, 0) is 36.1 Å². The number of para-hydroxylation sites is 1. The predicted octanol–water partition coefficient (Wildman–Crippen LogP) is 2.78. The highest BCUT2D eigenvalue weighted by atomic mass is 16.5. The van der Waals surface area contributed by atoms with Gasteiger partial charge in [0.15, 0.2) is 5.54 Å². The molecule has 1 aliphatic heterocycles. The highest BCUT2D eigenvalue weighted by Crippen LogP contribution is 2.31. The second-order valence-corrected chi connectivity index (χ2v) is 8.16. The van der Waals surface area contributed by atoms with E-state index in [9.17, 15) is 14.7 Å². The Kier molecular flexibility index (Phi) is 5.21. The number of furan rings is 1. The highest BCUT2D eigenvalue weighted by Gasteiger charge is 2.51. The summed E-state index contributed by atoms with van der Waals surface area (Å²) in [6, 6.07) is 10.3. The molecule has 1 saturated heterocycles. The Bertz CT molecular complexity index is 856. The van der Waals surface area contributed by atoms with E-state index in [2.05, 4.69) is 26.1 Å². The number of aliphatic hydroxyl groups is 1. The fourth-order valence-electron chi connectivity index (χ4n) is 3.25. The Hall–Kier alpha value is -2.80. The summed E-state index contributed by atoms with van der Waals surface area (Å²) in [6.07, 6.45) is 0.416. The van der Waals surface area contributed by atoms with Crippen molar-refractivity contribution in [1.82, 2.24) is 10.2 Å². The van der Waals surface area contributed by atoms with E-state index < -0.39 is 23.6 Å². The number of urea groups is 1. The standard InChI is InChI=1S/C21H26N2O5/c1-20(2,3)15-8-5-6-9-16(15)28-13-14(24)12-23-18(25)21(4,22-19(23)26)17-10-7-11-27-17/h5-11,14,24H,12-13H2,1-4H3,(H,22,26). The Morgan fingerprint density at radius 3 is 2.57 bits per heavy atom. The average molecular weight is 386 g/mol. The van der Waals surface area contributed by atoms with Gasteiger partial charge in [-0.2, -0.15) is 0 Å². The van der Waals surface area contributed by atoms with Crippen molar-refractivity contribution in [3.8, 4) is 5.75 Å². The summed E-state index contributed by atoms with van der Waals surface area (Å²) in [5, 5.41) is 13.0. The van der Waals surface area contributed by atoms with Crippen LogP contribution in [0.2, 0.25) is 0 Å². The van der Waals surface area contributed by atoms with Crippen molar-refractivity contribution in [2.75, 3.05) is 13.2 Å². The van der Waals surface area contributed by atoms with E-state index in [1.807, 2.05) is 24.3 Å². The van der Waals surface area contributed by atoms with Crippen LogP contribution in [0.5, 0.6) is 5.75 Å². The number of ether oxygens (including phenoxy) is 1. The van der Waals surface area contributed by atoms with Crippen LogP contribution < -0.4 is 10.1 Å². The molecule has 7 nitrogen and oxygen atoms in total. The van der Waals surface area contributed by atoms with Gasteiger partial charge in [-0.1, -0.05) is 39.0 Å². The summed E-state index contributed by atoms with van der Waals surface area (Å²) in [4.78, 5) is 26.0. The summed E-state index contributed by atoms with van der Waals surface area (Å²) in [6.45, 7) is 7.60. The molecule has 1 aliphatic rings. The molecule has 2 unspecified atom stereocenters. The SMILES string of the molecule is CC(C)(C)c1ccccc1OCC(O)CN1C(=O)NC(C)(c2ccco2)C1=O. The van der Waals surface area contributed by atoms with Crippen LogP contribution in [0.1, 0.15) is 39.0 Å². The maximum atomic E-state index is 12.8. The number of carbonyl (C=O) groups excluding carboxylic acids is 2. The van der Waals surface area contributed by atoms with Crippen LogP contribution in [0, 0.1) is 0 Å². The molecule has 2 atom stereocenters. The van der Waals surface area contributed by atoms with Crippen LogP contribution in [0.15, 0.2) is 47.1 Å². The fourth-order valence-corrected chi connectivity index (χ4v) is 3.25. The number of nitrogens with zero attached hydrogens (tertiary/aromatic N) is 1. The van der Waals surface area contributed by atoms with Gasteiger partial charge in [0.2, 0.25) is 0 Å². The molecule has 2 N–H and O–H groups in total. The summed E-state index contributed by atoms with van der Waals surface area (Å²) in [5.41, 5.74) is -0.375. The molecule has 0 aliphatic carbocycles. The Morgan fingerprint density at radius 2 is 1.93 bits per heavy atom. The first-order valence-electron chi connectivity index (χ1n) is 9.21. The second-order valence-electron chi connectivity index (χ2n) is 8.16. The smallest absolute Gasteiger partial charge is 0.325 e. The number of aliphatic hydroxyl groups excluding tert-OH is 1. The molecule has 0 radical (unpaired) electrons. The number of hydrogen-bond acceptors (Lipinski definition) is 5. The third kappa shape index (κ3) is 3.75. The van der Waals surface area contributed by atoms with E-state index in [1.54, 1.807) is 19.1 Å². The van der Waals surface area contributed by atoms with E-state index in [0.717, 1.165) is 10.5 Å². The number of imide groups is 1. The van der Waals surface area contributed by atoms with Gasteiger partial charge in [0.25, 0.3) is 5.91 Å². The summed E-state index contributed by atoms with van der Waals surface area (Å²) in [7, 11) is 0. The Labute approximate surface area is 164 Å². The first-order chi connectivity index (χ1) is 13.1. The average Bonchev–Trinajstić information content (AvgIpc) is 3.24. The van der Waals surface area contributed by atoms with Crippen molar-refractivity contribution in [2.45, 2.75) is 44.8 Å². The van der Waals surface area contributed by atoms with Crippen molar-refractivity contribution in [2.24, 2.45) is 0 Å². The summed E-state index contributed by atoms with van der Waals surface area (Å²) in [5.74, 6) is 0.548. The van der Waals surface area contributed by atoms with Crippen LogP contribution in [-0.2, 0) is 15.7 Å². The Balaban J connectivity index is 1.65. The molecule has 2 aromatic rings. The van der Waals surface area contributed by atoms with Crippen LogP contribution in [0.3, 0.4) is 0 Å². The van der Waals surface area contributed by atoms with Crippen LogP contribution in [-0.4, -0.2) is 41.2 Å². The third-order valence-electron chi connectivity index (χ3n) is 4.81. The zero-order valence-electron chi connectivity index (χ0n) is 16.6. The third-order valence-corrected chi connectivity index (χ3v) is 4.81. The number of rotatable bonds is 6. The molecule has 150 valence electrons. The fraction of sp³-hybridized carbons (Fsp3) is 0.429. The summed E-state index contributed by atoms with van der Waals surface area (Å²) < 4.78 is 11.1. The minimum Gasteiger partial charge on any atom is -0.491 e. The van der Waals surface area contributed by atoms with Crippen LogP contribution in [0.4, 0.5) is 4.79 Å². The molecule has 0 saturated carbocycles. The maximum absolute atomic E-state index is 12.8. The molecule has 28 heavy (non-hydrogen) atoms. The van der Waals surface area contributed by atoms with Gasteiger partial charge in [-0.3, -0.25) is 9.69 Å². The van der Waals surface area contributed by atoms with Gasteiger partial charge in [-0.25, -0.2) is 4.79 Å². The molecule has 2 heterocycles. The molecule has 3 amide bonds. The zero-order chi connectivity index (χ0) is 20.5. The molecule has 7 heteroatoms. The van der Waals surface area contributed by atoms with Crippen LogP contribution >= 0.6 is 0 Å². The van der Waals surface area contributed by atoms with E-state index in [4.69, 9.17) is 9.15 Å². The van der Waals surface area contributed by atoms with Gasteiger partial charge >= 0.3 is 6.03 Å². The van der Waals surface area contributed by atoms with Gasteiger partial charge < -0.3 is 19.6 Å². The monoisotopic (exact) mass is 386 g/mol. The predicted molar refractivity (Wildman–Crippen MR) is 103 cm³/mol. The number of nitrogens with one attached hydrogen (secondary N) is 1. The van der Waals surface area contributed by atoms with Gasteiger partial charge in [0.1, 0.15) is 24.2 Å². The second kappa shape index (κ2) is 7.31. The maximum Gasteiger partial charge on any atom is 0.325 e. The molecule has 1 aromatic carbocycles.